The lowest BCUT2D eigenvalue weighted by Gasteiger charge is -2.27. The lowest BCUT2D eigenvalue weighted by atomic mass is 9.92. The summed E-state index contributed by atoms with van der Waals surface area (Å²) in [7, 11) is 0. The van der Waals surface area contributed by atoms with Gasteiger partial charge in [-0.1, -0.05) is 60.7 Å². The molecule has 0 spiro atoms. The average Bonchev–Trinajstić information content (AvgIpc) is 2.96. The van der Waals surface area contributed by atoms with E-state index in [1.165, 1.54) is 5.56 Å². The van der Waals surface area contributed by atoms with Crippen LogP contribution in [0.3, 0.4) is 0 Å². The monoisotopic (exact) mass is 330 g/mol. The van der Waals surface area contributed by atoms with Gasteiger partial charge in [0.2, 0.25) is 5.91 Å². The number of benzene rings is 2. The van der Waals surface area contributed by atoms with Crippen LogP contribution in [0.2, 0.25) is 0 Å². The second kappa shape index (κ2) is 7.62. The molecule has 4 heteroatoms. The largest absolute Gasteiger partial charge is 0.338 e. The molecule has 2 aromatic rings. The Labute approximate surface area is 143 Å². The lowest BCUT2D eigenvalue weighted by molar-refractivity contribution is -0.133. The van der Waals surface area contributed by atoms with Gasteiger partial charge in [0.05, 0.1) is 0 Å². The molecule has 0 aromatic heterocycles. The van der Waals surface area contributed by atoms with Gasteiger partial charge in [-0.2, -0.15) is 0 Å². The zero-order chi connectivity index (χ0) is 15.5. The maximum Gasteiger partial charge on any atom is 0.244 e. The summed E-state index contributed by atoms with van der Waals surface area (Å²) in [4.78, 5) is 14.7. The fourth-order valence-electron chi connectivity index (χ4n) is 3.38. The summed E-state index contributed by atoms with van der Waals surface area (Å²) in [5.74, 6) is 0.422. The van der Waals surface area contributed by atoms with Crippen molar-refractivity contribution in [3.8, 4) is 0 Å². The van der Waals surface area contributed by atoms with Crippen molar-refractivity contribution in [2.24, 2.45) is 5.73 Å². The molecule has 2 N–H and O–H groups in total. The van der Waals surface area contributed by atoms with Gasteiger partial charge in [-0.25, -0.2) is 0 Å². The van der Waals surface area contributed by atoms with Gasteiger partial charge in [0, 0.05) is 18.5 Å². The molecule has 1 aliphatic heterocycles. The standard InChI is InChI=1S/C19H22N2O.ClH/c1-14-17(15-8-4-2-5-9-15)12-13-21(14)19(22)18(20)16-10-6-3-7-11-16;/h2-11,14,17-18H,12-13,20H2,1H3;1H. The van der Waals surface area contributed by atoms with E-state index >= 15 is 0 Å². The molecule has 122 valence electrons. The summed E-state index contributed by atoms with van der Waals surface area (Å²) in [6.07, 6.45) is 0.998. The Morgan fingerprint density at radius 1 is 1.09 bits per heavy atom. The SMILES string of the molecule is CC1C(c2ccccc2)CCN1C(=O)C(N)c1ccccc1.Cl. The van der Waals surface area contributed by atoms with Crippen LogP contribution >= 0.6 is 12.4 Å². The number of nitrogens with zero attached hydrogens (tertiary/aromatic N) is 1. The van der Waals surface area contributed by atoms with E-state index in [4.69, 9.17) is 5.73 Å². The van der Waals surface area contributed by atoms with Crippen LogP contribution in [0.1, 0.15) is 36.4 Å². The van der Waals surface area contributed by atoms with Gasteiger partial charge >= 0.3 is 0 Å². The molecule has 0 radical (unpaired) electrons. The first-order valence-electron chi connectivity index (χ1n) is 7.84. The quantitative estimate of drug-likeness (QED) is 0.936. The Hall–Kier alpha value is -1.84. The predicted octanol–water partition coefficient (Wildman–Crippen LogP) is 3.51. The maximum atomic E-state index is 12.7. The Balaban J connectivity index is 0.00000192. The van der Waals surface area contributed by atoms with E-state index in [0.717, 1.165) is 18.5 Å². The van der Waals surface area contributed by atoms with E-state index in [-0.39, 0.29) is 24.4 Å². The summed E-state index contributed by atoms with van der Waals surface area (Å²) in [6.45, 7) is 2.90. The maximum absolute atomic E-state index is 12.7. The summed E-state index contributed by atoms with van der Waals surface area (Å²) in [5, 5.41) is 0. The van der Waals surface area contributed by atoms with Crippen molar-refractivity contribution < 1.29 is 4.79 Å². The minimum atomic E-state index is -0.571. The second-order valence-corrected chi connectivity index (χ2v) is 5.97. The number of nitrogens with two attached hydrogens (primary N) is 1. The van der Waals surface area contributed by atoms with Crippen molar-refractivity contribution in [3.63, 3.8) is 0 Å². The van der Waals surface area contributed by atoms with Gasteiger partial charge in [0.15, 0.2) is 0 Å². The van der Waals surface area contributed by atoms with E-state index in [1.54, 1.807) is 0 Å². The third-order valence-electron chi connectivity index (χ3n) is 4.69. The molecule has 1 aliphatic rings. The summed E-state index contributed by atoms with van der Waals surface area (Å²) in [6, 6.07) is 19.6. The van der Waals surface area contributed by atoms with E-state index in [0.29, 0.717) is 5.92 Å². The van der Waals surface area contributed by atoms with Crippen LogP contribution in [0.4, 0.5) is 0 Å². The molecule has 3 nitrogen and oxygen atoms in total. The van der Waals surface area contributed by atoms with Gasteiger partial charge in [-0.3, -0.25) is 4.79 Å². The number of carbonyl (C=O) groups is 1. The smallest absolute Gasteiger partial charge is 0.244 e. The molecule has 23 heavy (non-hydrogen) atoms. The minimum Gasteiger partial charge on any atom is -0.338 e. The fraction of sp³-hybridized carbons (Fsp3) is 0.316. The summed E-state index contributed by atoms with van der Waals surface area (Å²) in [5.41, 5.74) is 8.36. The van der Waals surface area contributed by atoms with Crippen molar-refractivity contribution in [3.05, 3.63) is 71.8 Å². The van der Waals surface area contributed by atoms with Crippen molar-refractivity contribution >= 4 is 18.3 Å². The highest BCUT2D eigenvalue weighted by molar-refractivity contribution is 5.85. The van der Waals surface area contributed by atoms with Crippen LogP contribution in [-0.2, 0) is 4.79 Å². The molecule has 0 aliphatic carbocycles. The number of rotatable bonds is 3. The number of halogens is 1. The molecule has 3 rings (SSSR count). The highest BCUT2D eigenvalue weighted by Crippen LogP contribution is 2.34. The van der Waals surface area contributed by atoms with Gasteiger partial charge in [0.1, 0.15) is 6.04 Å². The molecule has 1 amide bonds. The molecular weight excluding hydrogens is 308 g/mol. The van der Waals surface area contributed by atoms with Crippen LogP contribution in [0, 0.1) is 0 Å². The third kappa shape index (κ3) is 3.57. The molecule has 3 unspecified atom stereocenters. The summed E-state index contributed by atoms with van der Waals surface area (Å²) >= 11 is 0. The Morgan fingerprint density at radius 3 is 2.26 bits per heavy atom. The first-order chi connectivity index (χ1) is 10.7. The number of carbonyl (C=O) groups excluding carboxylic acids is 1. The fourth-order valence-corrected chi connectivity index (χ4v) is 3.38. The van der Waals surface area contributed by atoms with Crippen LogP contribution < -0.4 is 5.73 Å². The molecule has 0 saturated carbocycles. The molecule has 3 atom stereocenters. The third-order valence-corrected chi connectivity index (χ3v) is 4.69. The average molecular weight is 331 g/mol. The number of hydrogen-bond donors (Lipinski definition) is 1. The van der Waals surface area contributed by atoms with Crippen molar-refractivity contribution in [2.45, 2.75) is 31.3 Å². The number of hydrogen-bond acceptors (Lipinski definition) is 2. The topological polar surface area (TPSA) is 46.3 Å². The molecule has 1 heterocycles. The van der Waals surface area contributed by atoms with E-state index in [2.05, 4.69) is 31.2 Å². The lowest BCUT2D eigenvalue weighted by Crippen LogP contribution is -2.41. The van der Waals surface area contributed by atoms with E-state index < -0.39 is 6.04 Å². The van der Waals surface area contributed by atoms with Crippen molar-refractivity contribution in [1.29, 1.82) is 0 Å². The Bertz CT molecular complexity index is 632. The first-order valence-corrected chi connectivity index (χ1v) is 7.84. The van der Waals surface area contributed by atoms with Gasteiger partial charge in [-0.05, 0) is 24.5 Å². The minimum absolute atomic E-state index is 0. The number of amides is 1. The molecular formula is C19H23ClN2O. The predicted molar refractivity (Wildman–Crippen MR) is 95.6 cm³/mol. The molecule has 2 aromatic carbocycles. The van der Waals surface area contributed by atoms with Crippen LogP contribution in [0.5, 0.6) is 0 Å². The van der Waals surface area contributed by atoms with Gasteiger partial charge in [0.25, 0.3) is 0 Å². The molecule has 1 fully saturated rings. The zero-order valence-corrected chi connectivity index (χ0v) is 14.1. The van der Waals surface area contributed by atoms with E-state index in [9.17, 15) is 4.79 Å². The van der Waals surface area contributed by atoms with Crippen LogP contribution in [-0.4, -0.2) is 23.4 Å². The van der Waals surface area contributed by atoms with Gasteiger partial charge in [-0.15, -0.1) is 12.4 Å². The molecule has 1 saturated heterocycles. The van der Waals surface area contributed by atoms with Gasteiger partial charge < -0.3 is 10.6 Å². The van der Waals surface area contributed by atoms with E-state index in [1.807, 2.05) is 41.3 Å². The summed E-state index contributed by atoms with van der Waals surface area (Å²) < 4.78 is 0. The van der Waals surface area contributed by atoms with Crippen LogP contribution in [0.25, 0.3) is 0 Å². The highest BCUT2D eigenvalue weighted by Gasteiger charge is 2.36. The Kier molecular flexibility index (Phi) is 5.80. The zero-order valence-electron chi connectivity index (χ0n) is 13.3. The van der Waals surface area contributed by atoms with Crippen LogP contribution in [0.15, 0.2) is 60.7 Å². The molecule has 0 bridgehead atoms. The normalized spacial score (nSPS) is 21.6. The van der Waals surface area contributed by atoms with Crippen molar-refractivity contribution in [1.82, 2.24) is 4.90 Å². The first kappa shape index (κ1) is 17.5. The highest BCUT2D eigenvalue weighted by atomic mass is 35.5. The van der Waals surface area contributed by atoms with Crippen molar-refractivity contribution in [2.75, 3.05) is 6.54 Å². The Morgan fingerprint density at radius 2 is 1.65 bits per heavy atom. The second-order valence-electron chi connectivity index (χ2n) is 5.97. The number of likely N-dealkylation sites (tertiary alicyclic amines) is 1.